The molecule has 1 aromatic heterocycles. The minimum atomic E-state index is 0.413. The molecule has 3 heteroatoms. The molecule has 1 aliphatic rings. The first-order chi connectivity index (χ1) is 9.28. The number of nitrogens with one attached hydrogen (secondary N) is 1. The number of hydrogen-bond acceptors (Lipinski definition) is 3. The summed E-state index contributed by atoms with van der Waals surface area (Å²) in [5.74, 6) is 0.843. The van der Waals surface area contributed by atoms with Crippen LogP contribution in [0.3, 0.4) is 0 Å². The summed E-state index contributed by atoms with van der Waals surface area (Å²) in [6, 6.07) is 8.81. The van der Waals surface area contributed by atoms with Gasteiger partial charge < -0.3 is 5.32 Å². The highest BCUT2D eigenvalue weighted by molar-refractivity contribution is 5.55. The van der Waals surface area contributed by atoms with Gasteiger partial charge in [-0.1, -0.05) is 29.8 Å². The van der Waals surface area contributed by atoms with Crippen LogP contribution in [0.1, 0.15) is 35.7 Å². The van der Waals surface area contributed by atoms with Crippen molar-refractivity contribution in [2.75, 3.05) is 7.05 Å². The number of rotatable bonds is 2. The fourth-order valence-electron chi connectivity index (χ4n) is 2.69. The molecule has 1 atom stereocenters. The topological polar surface area (TPSA) is 37.8 Å². The Balaban J connectivity index is 1.99. The van der Waals surface area contributed by atoms with Gasteiger partial charge in [-0.15, -0.1) is 0 Å². The van der Waals surface area contributed by atoms with E-state index in [-0.39, 0.29) is 0 Å². The van der Waals surface area contributed by atoms with Crippen molar-refractivity contribution in [3.05, 3.63) is 47.3 Å². The summed E-state index contributed by atoms with van der Waals surface area (Å²) in [6.45, 7) is 2.09. The van der Waals surface area contributed by atoms with Crippen molar-refractivity contribution in [3.8, 4) is 11.4 Å². The smallest absolute Gasteiger partial charge is 0.159 e. The molecule has 1 aromatic carbocycles. The van der Waals surface area contributed by atoms with Crippen molar-refractivity contribution in [1.82, 2.24) is 15.3 Å². The van der Waals surface area contributed by atoms with Crippen molar-refractivity contribution in [2.24, 2.45) is 0 Å². The van der Waals surface area contributed by atoms with Crippen molar-refractivity contribution in [3.63, 3.8) is 0 Å². The van der Waals surface area contributed by atoms with Crippen LogP contribution >= 0.6 is 0 Å². The van der Waals surface area contributed by atoms with Gasteiger partial charge in [-0.25, -0.2) is 9.97 Å². The van der Waals surface area contributed by atoms with Gasteiger partial charge in [0.2, 0.25) is 0 Å². The summed E-state index contributed by atoms with van der Waals surface area (Å²) in [7, 11) is 2.01. The number of aryl methyl sites for hydroxylation is 2. The SMILES string of the molecule is CNC1CCCc2nc(-c3ccc(C)cc3)ncc21. The Morgan fingerprint density at radius 1 is 1.21 bits per heavy atom. The first-order valence-corrected chi connectivity index (χ1v) is 6.88. The van der Waals surface area contributed by atoms with E-state index in [0.29, 0.717) is 6.04 Å². The molecule has 1 N–H and O–H groups in total. The molecule has 0 aliphatic heterocycles. The average Bonchev–Trinajstić information content (AvgIpc) is 2.47. The molecule has 2 aromatic rings. The van der Waals surface area contributed by atoms with Crippen LogP contribution in [-0.2, 0) is 6.42 Å². The molecule has 0 spiro atoms. The number of hydrogen-bond donors (Lipinski definition) is 1. The van der Waals surface area contributed by atoms with Crippen LogP contribution in [0.15, 0.2) is 30.5 Å². The molecule has 0 bridgehead atoms. The minimum absolute atomic E-state index is 0.413. The van der Waals surface area contributed by atoms with Gasteiger partial charge in [-0.3, -0.25) is 0 Å². The van der Waals surface area contributed by atoms with Gasteiger partial charge in [0.25, 0.3) is 0 Å². The van der Waals surface area contributed by atoms with Gasteiger partial charge in [-0.05, 0) is 33.2 Å². The fraction of sp³-hybridized carbons (Fsp3) is 0.375. The summed E-state index contributed by atoms with van der Waals surface area (Å²) in [5.41, 5.74) is 4.83. The quantitative estimate of drug-likeness (QED) is 0.894. The molecule has 0 amide bonds. The number of fused-ring (bicyclic) bond motifs is 1. The van der Waals surface area contributed by atoms with Crippen molar-refractivity contribution in [2.45, 2.75) is 32.2 Å². The molecular formula is C16H19N3. The monoisotopic (exact) mass is 253 g/mol. The Morgan fingerprint density at radius 3 is 2.74 bits per heavy atom. The fourth-order valence-corrected chi connectivity index (χ4v) is 2.69. The standard InChI is InChI=1S/C16H19N3/c1-11-6-8-12(9-7-11)16-18-10-13-14(17-2)4-3-5-15(13)19-16/h6-10,14,17H,3-5H2,1-2H3. The Bertz CT molecular complexity index is 575. The first kappa shape index (κ1) is 12.3. The maximum atomic E-state index is 4.76. The van der Waals surface area contributed by atoms with Gasteiger partial charge in [-0.2, -0.15) is 0 Å². The second-order valence-corrected chi connectivity index (χ2v) is 5.20. The molecule has 19 heavy (non-hydrogen) atoms. The molecular weight excluding hydrogens is 234 g/mol. The van der Waals surface area contributed by atoms with Crippen LogP contribution in [0.5, 0.6) is 0 Å². The van der Waals surface area contributed by atoms with Gasteiger partial charge >= 0.3 is 0 Å². The summed E-state index contributed by atoms with van der Waals surface area (Å²) < 4.78 is 0. The Labute approximate surface area is 114 Å². The lowest BCUT2D eigenvalue weighted by Gasteiger charge is -2.24. The number of aromatic nitrogens is 2. The van der Waals surface area contributed by atoms with Crippen molar-refractivity contribution < 1.29 is 0 Å². The van der Waals surface area contributed by atoms with Gasteiger partial charge in [0, 0.05) is 29.1 Å². The van der Waals surface area contributed by atoms with Gasteiger partial charge in [0.05, 0.1) is 0 Å². The third-order valence-electron chi connectivity index (χ3n) is 3.84. The molecule has 1 aliphatic carbocycles. The van der Waals surface area contributed by atoms with E-state index in [1.807, 2.05) is 13.2 Å². The maximum Gasteiger partial charge on any atom is 0.159 e. The van der Waals surface area contributed by atoms with Crippen molar-refractivity contribution in [1.29, 1.82) is 0 Å². The Kier molecular flexibility index (Phi) is 3.30. The zero-order valence-electron chi connectivity index (χ0n) is 11.5. The lowest BCUT2D eigenvalue weighted by atomic mass is 9.92. The second-order valence-electron chi connectivity index (χ2n) is 5.20. The van der Waals surface area contributed by atoms with Crippen LogP contribution in [0.2, 0.25) is 0 Å². The van der Waals surface area contributed by atoms with E-state index in [0.717, 1.165) is 17.8 Å². The molecule has 0 saturated carbocycles. The predicted molar refractivity (Wildman–Crippen MR) is 76.9 cm³/mol. The van der Waals surface area contributed by atoms with Crippen LogP contribution in [0.25, 0.3) is 11.4 Å². The summed E-state index contributed by atoms with van der Waals surface area (Å²) in [6.07, 6.45) is 5.44. The van der Waals surface area contributed by atoms with Crippen LogP contribution < -0.4 is 5.32 Å². The highest BCUT2D eigenvalue weighted by Crippen LogP contribution is 2.29. The Morgan fingerprint density at radius 2 is 2.00 bits per heavy atom. The maximum absolute atomic E-state index is 4.76. The Hall–Kier alpha value is -1.74. The lowest BCUT2D eigenvalue weighted by molar-refractivity contribution is 0.488. The van der Waals surface area contributed by atoms with E-state index in [9.17, 15) is 0 Å². The van der Waals surface area contributed by atoms with E-state index < -0.39 is 0 Å². The minimum Gasteiger partial charge on any atom is -0.313 e. The molecule has 0 fully saturated rings. The molecule has 3 rings (SSSR count). The number of nitrogens with zero attached hydrogens (tertiary/aromatic N) is 2. The third kappa shape index (κ3) is 2.38. The molecule has 0 saturated heterocycles. The van der Waals surface area contributed by atoms with E-state index in [4.69, 9.17) is 4.98 Å². The molecule has 98 valence electrons. The van der Waals surface area contributed by atoms with E-state index in [2.05, 4.69) is 41.5 Å². The van der Waals surface area contributed by atoms with Crippen molar-refractivity contribution >= 4 is 0 Å². The van der Waals surface area contributed by atoms with Crippen LogP contribution in [0, 0.1) is 6.92 Å². The van der Waals surface area contributed by atoms with Gasteiger partial charge in [0.15, 0.2) is 5.82 Å². The molecule has 1 heterocycles. The van der Waals surface area contributed by atoms with Gasteiger partial charge in [0.1, 0.15) is 0 Å². The summed E-state index contributed by atoms with van der Waals surface area (Å²) >= 11 is 0. The van der Waals surface area contributed by atoms with E-state index in [1.165, 1.54) is 29.7 Å². The number of benzene rings is 1. The zero-order chi connectivity index (χ0) is 13.2. The van der Waals surface area contributed by atoms with E-state index in [1.54, 1.807) is 0 Å². The average molecular weight is 253 g/mol. The normalized spacial score (nSPS) is 18.1. The second kappa shape index (κ2) is 5.10. The van der Waals surface area contributed by atoms with E-state index >= 15 is 0 Å². The summed E-state index contributed by atoms with van der Waals surface area (Å²) in [4.78, 5) is 9.30. The third-order valence-corrected chi connectivity index (χ3v) is 3.84. The summed E-state index contributed by atoms with van der Waals surface area (Å²) in [5, 5.41) is 3.35. The highest BCUT2D eigenvalue weighted by atomic mass is 14.9. The van der Waals surface area contributed by atoms with Crippen LogP contribution in [-0.4, -0.2) is 17.0 Å². The molecule has 3 nitrogen and oxygen atoms in total. The largest absolute Gasteiger partial charge is 0.313 e. The lowest BCUT2D eigenvalue weighted by Crippen LogP contribution is -2.22. The first-order valence-electron chi connectivity index (χ1n) is 6.88. The highest BCUT2D eigenvalue weighted by Gasteiger charge is 2.20. The molecule has 1 unspecified atom stereocenters. The molecule has 0 radical (unpaired) electrons. The zero-order valence-corrected chi connectivity index (χ0v) is 11.5. The predicted octanol–water partition coefficient (Wildman–Crippen LogP) is 3.05. The van der Waals surface area contributed by atoms with Crippen LogP contribution in [0.4, 0.5) is 0 Å².